The first kappa shape index (κ1) is 12.5. The summed E-state index contributed by atoms with van der Waals surface area (Å²) in [7, 11) is 0. The van der Waals surface area contributed by atoms with E-state index in [1.165, 1.54) is 14.7 Å². The molecule has 1 atom stereocenters. The SMILES string of the molecule is CC#CCC(NN)c1cccc(C)c1I. The Morgan fingerprint density at radius 2 is 2.27 bits per heavy atom. The van der Waals surface area contributed by atoms with Gasteiger partial charge in [-0.3, -0.25) is 11.3 Å². The molecule has 1 aromatic carbocycles. The molecule has 3 heteroatoms. The van der Waals surface area contributed by atoms with Gasteiger partial charge in [0.25, 0.3) is 0 Å². The summed E-state index contributed by atoms with van der Waals surface area (Å²) in [5, 5.41) is 0. The van der Waals surface area contributed by atoms with Crippen LogP contribution in [-0.4, -0.2) is 0 Å². The molecule has 0 spiro atoms. The first-order chi connectivity index (χ1) is 7.20. The molecule has 0 aliphatic carbocycles. The van der Waals surface area contributed by atoms with Crippen molar-refractivity contribution in [2.45, 2.75) is 26.3 Å². The fourth-order valence-corrected chi connectivity index (χ4v) is 2.14. The van der Waals surface area contributed by atoms with Gasteiger partial charge in [0.2, 0.25) is 0 Å². The van der Waals surface area contributed by atoms with Gasteiger partial charge in [0.15, 0.2) is 0 Å². The normalized spacial score (nSPS) is 11.7. The standard InChI is InChI=1S/C12H15IN2/c1-3-4-8-11(15-14)10-7-5-6-9(2)12(10)13/h5-7,11,15H,8,14H2,1-2H3. The lowest BCUT2D eigenvalue weighted by Gasteiger charge is -2.16. The summed E-state index contributed by atoms with van der Waals surface area (Å²) in [5.41, 5.74) is 5.31. The number of hydrogen-bond donors (Lipinski definition) is 2. The summed E-state index contributed by atoms with van der Waals surface area (Å²) in [5.74, 6) is 11.5. The zero-order chi connectivity index (χ0) is 11.3. The number of nitrogens with one attached hydrogen (secondary N) is 1. The molecule has 0 aliphatic heterocycles. The second-order valence-electron chi connectivity index (χ2n) is 3.33. The van der Waals surface area contributed by atoms with Crippen molar-refractivity contribution in [1.82, 2.24) is 5.43 Å². The molecule has 1 rings (SSSR count). The van der Waals surface area contributed by atoms with Crippen molar-refractivity contribution in [1.29, 1.82) is 0 Å². The summed E-state index contributed by atoms with van der Waals surface area (Å²) in [4.78, 5) is 0. The third-order valence-electron chi connectivity index (χ3n) is 2.28. The van der Waals surface area contributed by atoms with Gasteiger partial charge in [-0.1, -0.05) is 18.2 Å². The predicted molar refractivity (Wildman–Crippen MR) is 72.0 cm³/mol. The van der Waals surface area contributed by atoms with Crippen molar-refractivity contribution >= 4 is 22.6 Å². The topological polar surface area (TPSA) is 38.0 Å². The Bertz CT molecular complexity index is 390. The van der Waals surface area contributed by atoms with Crippen LogP contribution in [0.2, 0.25) is 0 Å². The number of aryl methyl sites for hydroxylation is 1. The molecule has 0 radical (unpaired) electrons. The highest BCUT2D eigenvalue weighted by atomic mass is 127. The van der Waals surface area contributed by atoms with Gasteiger partial charge in [-0.05, 0) is 47.6 Å². The van der Waals surface area contributed by atoms with E-state index in [2.05, 4.69) is 65.0 Å². The largest absolute Gasteiger partial charge is 0.271 e. The summed E-state index contributed by atoms with van der Waals surface area (Å²) in [6, 6.07) is 6.36. The predicted octanol–water partition coefficient (Wildman–Crippen LogP) is 2.52. The van der Waals surface area contributed by atoms with Gasteiger partial charge >= 0.3 is 0 Å². The van der Waals surface area contributed by atoms with Crippen molar-refractivity contribution in [3.8, 4) is 11.8 Å². The molecule has 3 N–H and O–H groups in total. The van der Waals surface area contributed by atoms with Crippen LogP contribution in [-0.2, 0) is 0 Å². The van der Waals surface area contributed by atoms with E-state index < -0.39 is 0 Å². The number of hydrazine groups is 1. The summed E-state index contributed by atoms with van der Waals surface area (Å²) >= 11 is 2.35. The lowest BCUT2D eigenvalue weighted by Crippen LogP contribution is -2.28. The van der Waals surface area contributed by atoms with Gasteiger partial charge in [0.05, 0.1) is 6.04 Å². The third-order valence-corrected chi connectivity index (χ3v) is 3.75. The summed E-state index contributed by atoms with van der Waals surface area (Å²) in [6.45, 7) is 3.94. The number of hydrogen-bond acceptors (Lipinski definition) is 2. The van der Waals surface area contributed by atoms with Crippen LogP contribution in [0.15, 0.2) is 18.2 Å². The van der Waals surface area contributed by atoms with Gasteiger partial charge in [0, 0.05) is 9.99 Å². The van der Waals surface area contributed by atoms with E-state index in [9.17, 15) is 0 Å². The van der Waals surface area contributed by atoms with E-state index in [1.54, 1.807) is 0 Å². The van der Waals surface area contributed by atoms with Crippen LogP contribution >= 0.6 is 22.6 Å². The molecule has 0 fully saturated rings. The van der Waals surface area contributed by atoms with Gasteiger partial charge < -0.3 is 0 Å². The average molecular weight is 314 g/mol. The Morgan fingerprint density at radius 3 is 2.87 bits per heavy atom. The zero-order valence-electron chi connectivity index (χ0n) is 8.97. The van der Waals surface area contributed by atoms with Crippen molar-refractivity contribution < 1.29 is 0 Å². The minimum Gasteiger partial charge on any atom is -0.271 e. The maximum absolute atomic E-state index is 5.54. The van der Waals surface area contributed by atoms with Crippen molar-refractivity contribution in [2.24, 2.45) is 5.84 Å². The van der Waals surface area contributed by atoms with Gasteiger partial charge in [-0.15, -0.1) is 11.8 Å². The summed E-state index contributed by atoms with van der Waals surface area (Å²) in [6.07, 6.45) is 0.743. The minimum atomic E-state index is 0.115. The molecular weight excluding hydrogens is 299 g/mol. The molecule has 0 heterocycles. The fraction of sp³-hybridized carbons (Fsp3) is 0.333. The average Bonchev–Trinajstić information content (AvgIpc) is 2.25. The Balaban J connectivity index is 2.99. The zero-order valence-corrected chi connectivity index (χ0v) is 11.1. The maximum atomic E-state index is 5.54. The molecule has 1 aromatic rings. The highest BCUT2D eigenvalue weighted by Crippen LogP contribution is 2.24. The molecule has 15 heavy (non-hydrogen) atoms. The highest BCUT2D eigenvalue weighted by Gasteiger charge is 2.12. The number of nitrogens with two attached hydrogens (primary N) is 1. The van der Waals surface area contributed by atoms with E-state index in [1.807, 2.05) is 6.92 Å². The van der Waals surface area contributed by atoms with Crippen LogP contribution in [0.25, 0.3) is 0 Å². The Labute approximate surface area is 105 Å². The second-order valence-corrected chi connectivity index (χ2v) is 4.41. The van der Waals surface area contributed by atoms with Crippen LogP contribution in [0.3, 0.4) is 0 Å². The van der Waals surface area contributed by atoms with Gasteiger partial charge in [0.1, 0.15) is 0 Å². The van der Waals surface area contributed by atoms with E-state index in [0.29, 0.717) is 0 Å². The van der Waals surface area contributed by atoms with Gasteiger partial charge in [-0.25, -0.2) is 0 Å². The molecule has 1 unspecified atom stereocenters. The first-order valence-electron chi connectivity index (χ1n) is 4.81. The second kappa shape index (κ2) is 6.11. The molecule has 0 aliphatic rings. The van der Waals surface area contributed by atoms with Crippen LogP contribution in [0.5, 0.6) is 0 Å². The molecule has 2 nitrogen and oxygen atoms in total. The van der Waals surface area contributed by atoms with Crippen molar-refractivity contribution in [3.05, 3.63) is 32.9 Å². The molecule has 0 saturated heterocycles. The van der Waals surface area contributed by atoms with E-state index in [0.717, 1.165) is 6.42 Å². The maximum Gasteiger partial charge on any atom is 0.0579 e. The van der Waals surface area contributed by atoms with Crippen LogP contribution in [0.1, 0.15) is 30.5 Å². The lowest BCUT2D eigenvalue weighted by atomic mass is 10.0. The minimum absolute atomic E-state index is 0.115. The fourth-order valence-electron chi connectivity index (χ4n) is 1.40. The highest BCUT2D eigenvalue weighted by molar-refractivity contribution is 14.1. The van der Waals surface area contributed by atoms with Crippen LogP contribution in [0, 0.1) is 22.3 Å². The molecule has 0 aromatic heterocycles. The first-order valence-corrected chi connectivity index (χ1v) is 5.89. The van der Waals surface area contributed by atoms with Crippen molar-refractivity contribution in [3.63, 3.8) is 0 Å². The van der Waals surface area contributed by atoms with E-state index >= 15 is 0 Å². The van der Waals surface area contributed by atoms with Crippen LogP contribution in [0.4, 0.5) is 0 Å². The van der Waals surface area contributed by atoms with Crippen molar-refractivity contribution in [2.75, 3.05) is 0 Å². The summed E-state index contributed by atoms with van der Waals surface area (Å²) < 4.78 is 1.26. The van der Waals surface area contributed by atoms with Crippen LogP contribution < -0.4 is 11.3 Å². The molecule has 0 amide bonds. The molecule has 80 valence electrons. The number of rotatable bonds is 3. The smallest absolute Gasteiger partial charge is 0.0579 e. The van der Waals surface area contributed by atoms with Gasteiger partial charge in [-0.2, -0.15) is 0 Å². The van der Waals surface area contributed by atoms with E-state index in [4.69, 9.17) is 5.84 Å². The number of halogens is 1. The lowest BCUT2D eigenvalue weighted by molar-refractivity contribution is 0.565. The molecule has 0 saturated carbocycles. The monoisotopic (exact) mass is 314 g/mol. The quantitative estimate of drug-likeness (QED) is 0.389. The Hall–Kier alpha value is -0.570. The Kier molecular flexibility index (Phi) is 5.09. The number of benzene rings is 1. The third kappa shape index (κ3) is 3.20. The van der Waals surface area contributed by atoms with E-state index in [-0.39, 0.29) is 6.04 Å². The molecule has 0 bridgehead atoms. The molecular formula is C12H15IN2. The Morgan fingerprint density at radius 1 is 1.53 bits per heavy atom.